The molecule has 5 rings (SSSR count). The van der Waals surface area contributed by atoms with E-state index in [1.54, 1.807) is 9.80 Å². The van der Waals surface area contributed by atoms with Gasteiger partial charge in [0.15, 0.2) is 5.60 Å². The Labute approximate surface area is 254 Å². The van der Waals surface area contributed by atoms with Gasteiger partial charge in [-0.1, -0.05) is 67.6 Å². The molecule has 1 saturated heterocycles. The molecule has 1 fully saturated rings. The summed E-state index contributed by atoms with van der Waals surface area (Å²) in [5.41, 5.74) is 0.249. The van der Waals surface area contributed by atoms with Gasteiger partial charge in [0, 0.05) is 34.1 Å². The highest BCUT2D eigenvalue weighted by atomic mass is 127. The van der Waals surface area contributed by atoms with Crippen molar-refractivity contribution in [2.75, 3.05) is 18.1 Å². The van der Waals surface area contributed by atoms with Crippen molar-refractivity contribution in [2.24, 2.45) is 11.8 Å². The lowest BCUT2D eigenvalue weighted by Crippen LogP contribution is -2.45. The Bertz CT molecular complexity index is 1390. The number of benzene rings is 3. The molecule has 2 amide bonds. The van der Waals surface area contributed by atoms with Gasteiger partial charge in [-0.05, 0) is 65.8 Å². The Morgan fingerprint density at radius 1 is 1.05 bits per heavy atom. The van der Waals surface area contributed by atoms with Gasteiger partial charge in [0.2, 0.25) is 5.91 Å². The monoisotopic (exact) mass is 670 g/mol. The summed E-state index contributed by atoms with van der Waals surface area (Å²) in [6, 6.07) is 25.1. The predicted molar refractivity (Wildman–Crippen MR) is 165 cm³/mol. The van der Waals surface area contributed by atoms with Crippen molar-refractivity contribution in [3.63, 3.8) is 0 Å². The molecule has 41 heavy (non-hydrogen) atoms. The van der Waals surface area contributed by atoms with Gasteiger partial charge >= 0.3 is 0 Å². The van der Waals surface area contributed by atoms with E-state index in [4.69, 9.17) is 4.74 Å². The van der Waals surface area contributed by atoms with Crippen LogP contribution in [-0.2, 0) is 33.0 Å². The van der Waals surface area contributed by atoms with Crippen molar-refractivity contribution in [2.45, 2.75) is 57.7 Å². The summed E-state index contributed by atoms with van der Waals surface area (Å²) in [6.45, 7) is 5.51. The number of aliphatic hydroxyl groups is 1. The SMILES string of the molecule is C[C@@H]1[C@@H](C(C)(C)F)[C@H](CC(=O)N(CCO)Cc2ccccc2)O[C@@]12C(=O)N(Cc1ccc(I)cc1)c1ccccc12. The molecule has 0 aromatic heterocycles. The van der Waals surface area contributed by atoms with E-state index in [9.17, 15) is 14.7 Å². The molecule has 0 bridgehead atoms. The Kier molecular flexibility index (Phi) is 8.55. The summed E-state index contributed by atoms with van der Waals surface area (Å²) in [6.07, 6.45) is -0.923. The van der Waals surface area contributed by atoms with Gasteiger partial charge in [0.1, 0.15) is 5.67 Å². The maximum absolute atomic E-state index is 16.0. The lowest BCUT2D eigenvalue weighted by molar-refractivity contribution is -0.150. The van der Waals surface area contributed by atoms with Crippen molar-refractivity contribution < 1.29 is 23.8 Å². The summed E-state index contributed by atoms with van der Waals surface area (Å²) in [7, 11) is 0. The van der Waals surface area contributed by atoms with E-state index < -0.39 is 29.2 Å². The van der Waals surface area contributed by atoms with E-state index in [0.29, 0.717) is 18.7 Å². The number of carbonyl (C=O) groups is 2. The molecule has 0 radical (unpaired) electrons. The van der Waals surface area contributed by atoms with Crippen molar-refractivity contribution >= 4 is 40.1 Å². The third-order valence-corrected chi connectivity index (χ3v) is 9.16. The van der Waals surface area contributed by atoms with Crippen LogP contribution in [0.5, 0.6) is 0 Å². The summed E-state index contributed by atoms with van der Waals surface area (Å²) >= 11 is 2.25. The number of alkyl halides is 1. The lowest BCUT2D eigenvalue weighted by atomic mass is 9.71. The van der Waals surface area contributed by atoms with Crippen LogP contribution >= 0.6 is 22.6 Å². The standard InChI is InChI=1S/C33H36FIN2O4/c1-22-30(32(2,3)34)28(19-29(39)36(17-18-38)20-23-9-5-4-6-10-23)41-33(22)26-11-7-8-12-27(26)37(31(33)40)21-24-13-15-25(35)16-14-24/h4-16,22,28,30,38H,17-21H2,1-3H3/t22-,28+,30-,33+/m1/s1. The molecule has 1 N–H and O–H groups in total. The summed E-state index contributed by atoms with van der Waals surface area (Å²) in [4.78, 5) is 31.4. The molecule has 4 atom stereocenters. The summed E-state index contributed by atoms with van der Waals surface area (Å²) < 4.78 is 23.8. The van der Waals surface area contributed by atoms with Crippen LogP contribution in [-0.4, -0.2) is 46.7 Å². The zero-order valence-corrected chi connectivity index (χ0v) is 25.8. The number of fused-ring (bicyclic) bond motifs is 2. The number of halogens is 2. The molecule has 1 spiro atoms. The highest BCUT2D eigenvalue weighted by molar-refractivity contribution is 14.1. The molecule has 2 aliphatic heterocycles. The minimum atomic E-state index is -1.71. The second kappa shape index (κ2) is 11.8. The first-order valence-corrected chi connectivity index (χ1v) is 15.1. The van der Waals surface area contributed by atoms with E-state index in [1.807, 2.05) is 85.8 Å². The Hall–Kier alpha value is -2.82. The minimum absolute atomic E-state index is 0.0937. The first-order valence-electron chi connectivity index (χ1n) is 14.0. The molecule has 2 aliphatic rings. The number of nitrogens with zero attached hydrogens (tertiary/aromatic N) is 2. The largest absolute Gasteiger partial charge is 0.395 e. The van der Waals surface area contributed by atoms with E-state index in [1.165, 1.54) is 13.8 Å². The van der Waals surface area contributed by atoms with Gasteiger partial charge in [0.25, 0.3) is 5.91 Å². The van der Waals surface area contributed by atoms with Crippen LogP contribution in [0.4, 0.5) is 10.1 Å². The van der Waals surface area contributed by atoms with Crippen LogP contribution in [0.1, 0.15) is 43.9 Å². The maximum atomic E-state index is 16.0. The maximum Gasteiger partial charge on any atom is 0.264 e. The molecule has 0 aliphatic carbocycles. The number of hydrogen-bond donors (Lipinski definition) is 1. The van der Waals surface area contributed by atoms with Gasteiger partial charge in [-0.25, -0.2) is 4.39 Å². The number of carbonyl (C=O) groups excluding carboxylic acids is 2. The average Bonchev–Trinajstić information content (AvgIpc) is 3.37. The summed E-state index contributed by atoms with van der Waals surface area (Å²) in [5, 5.41) is 9.69. The molecular formula is C33H36FIN2O4. The molecule has 3 aromatic carbocycles. The zero-order valence-electron chi connectivity index (χ0n) is 23.6. The number of anilines is 1. The second-order valence-electron chi connectivity index (χ2n) is 11.5. The zero-order chi connectivity index (χ0) is 29.4. The molecule has 3 aromatic rings. The smallest absolute Gasteiger partial charge is 0.264 e. The fourth-order valence-electron chi connectivity index (χ4n) is 6.65. The van der Waals surface area contributed by atoms with E-state index in [0.717, 1.165) is 20.4 Å². The number of hydrogen-bond acceptors (Lipinski definition) is 4. The second-order valence-corrected chi connectivity index (χ2v) is 12.8. The van der Waals surface area contributed by atoms with Crippen LogP contribution < -0.4 is 4.90 Å². The fraction of sp³-hybridized carbons (Fsp3) is 0.394. The number of amides is 2. The first kappa shape index (κ1) is 29.7. The first-order chi connectivity index (χ1) is 19.6. The summed E-state index contributed by atoms with van der Waals surface area (Å²) in [5.74, 6) is -1.73. The third-order valence-electron chi connectivity index (χ3n) is 8.44. The van der Waals surface area contributed by atoms with E-state index in [2.05, 4.69) is 22.6 Å². The number of aliphatic hydroxyl groups excluding tert-OH is 1. The van der Waals surface area contributed by atoms with Gasteiger partial charge in [0.05, 0.1) is 31.4 Å². The third kappa shape index (κ3) is 5.66. The normalized spacial score (nSPS) is 23.7. The molecule has 2 heterocycles. The topological polar surface area (TPSA) is 70.1 Å². The Morgan fingerprint density at radius 3 is 2.37 bits per heavy atom. The van der Waals surface area contributed by atoms with Gasteiger partial charge in [-0.3, -0.25) is 9.59 Å². The van der Waals surface area contributed by atoms with E-state index in [-0.39, 0.29) is 31.4 Å². The van der Waals surface area contributed by atoms with E-state index >= 15 is 4.39 Å². The fourth-order valence-corrected chi connectivity index (χ4v) is 7.01. The van der Waals surface area contributed by atoms with Gasteiger partial charge in [-0.15, -0.1) is 0 Å². The number of rotatable bonds is 9. The molecule has 6 nitrogen and oxygen atoms in total. The predicted octanol–water partition coefficient (Wildman–Crippen LogP) is 5.84. The van der Waals surface area contributed by atoms with Crippen LogP contribution in [0.25, 0.3) is 0 Å². The highest BCUT2D eigenvalue weighted by Crippen LogP contribution is 2.58. The van der Waals surface area contributed by atoms with Crippen molar-refractivity contribution in [3.05, 3.63) is 99.1 Å². The Balaban J connectivity index is 1.48. The average molecular weight is 671 g/mol. The molecule has 0 saturated carbocycles. The number of para-hydroxylation sites is 1. The quantitative estimate of drug-likeness (QED) is 0.291. The van der Waals surface area contributed by atoms with Crippen LogP contribution in [0, 0.1) is 15.4 Å². The van der Waals surface area contributed by atoms with Gasteiger partial charge < -0.3 is 19.6 Å². The Morgan fingerprint density at radius 2 is 1.71 bits per heavy atom. The van der Waals surface area contributed by atoms with Crippen molar-refractivity contribution in [3.8, 4) is 0 Å². The molecular weight excluding hydrogens is 634 g/mol. The lowest BCUT2D eigenvalue weighted by Gasteiger charge is -2.32. The van der Waals surface area contributed by atoms with Crippen LogP contribution in [0.2, 0.25) is 0 Å². The minimum Gasteiger partial charge on any atom is -0.395 e. The van der Waals surface area contributed by atoms with Crippen LogP contribution in [0.15, 0.2) is 78.9 Å². The molecule has 8 heteroatoms. The van der Waals surface area contributed by atoms with Crippen LogP contribution in [0.3, 0.4) is 0 Å². The van der Waals surface area contributed by atoms with Crippen molar-refractivity contribution in [1.29, 1.82) is 0 Å². The van der Waals surface area contributed by atoms with Crippen molar-refractivity contribution in [1.82, 2.24) is 4.90 Å². The highest BCUT2D eigenvalue weighted by Gasteiger charge is 2.66. The van der Waals surface area contributed by atoms with Gasteiger partial charge in [-0.2, -0.15) is 0 Å². The number of ether oxygens (including phenoxy) is 1. The molecule has 0 unspecified atom stereocenters. The molecule has 216 valence electrons.